The Balaban J connectivity index is 1.30. The lowest BCUT2D eigenvalue weighted by molar-refractivity contribution is 0.0725. The second-order valence-electron chi connectivity index (χ2n) is 8.62. The number of carbonyl (C=O) groups excluding carboxylic acids is 2. The predicted octanol–water partition coefficient (Wildman–Crippen LogP) is 3.34. The molecule has 8 heteroatoms. The maximum absolute atomic E-state index is 13.2. The summed E-state index contributed by atoms with van der Waals surface area (Å²) >= 11 is 1.51. The van der Waals surface area contributed by atoms with Crippen LogP contribution in [0.5, 0.6) is 0 Å². The summed E-state index contributed by atoms with van der Waals surface area (Å²) in [5, 5.41) is 10.4. The molecular formula is C24H27N5O2S. The van der Waals surface area contributed by atoms with Gasteiger partial charge in [0.05, 0.1) is 11.6 Å². The van der Waals surface area contributed by atoms with Crippen LogP contribution in [0.3, 0.4) is 0 Å². The van der Waals surface area contributed by atoms with Crippen LogP contribution >= 0.6 is 11.3 Å². The number of aryl methyl sites for hydroxylation is 1. The number of hydrogen-bond donors (Lipinski definition) is 1. The van der Waals surface area contributed by atoms with Gasteiger partial charge in [-0.15, -0.1) is 11.3 Å². The van der Waals surface area contributed by atoms with Crippen molar-refractivity contribution < 1.29 is 9.59 Å². The lowest BCUT2D eigenvalue weighted by atomic mass is 10.0. The highest BCUT2D eigenvalue weighted by Crippen LogP contribution is 2.25. The number of hydrogen-bond acceptors (Lipinski definition) is 5. The van der Waals surface area contributed by atoms with Gasteiger partial charge in [-0.2, -0.15) is 5.10 Å². The molecule has 1 aromatic carbocycles. The SMILES string of the molecule is Cn1nc(C(=O)NC2CCCC2)c2c1CCN(C(=O)c1csc(Cc3ccccc3)n1)C2. The van der Waals surface area contributed by atoms with Crippen molar-refractivity contribution in [1.82, 2.24) is 25.0 Å². The Hall–Kier alpha value is -3.00. The Labute approximate surface area is 191 Å². The number of thiazole rings is 1. The maximum atomic E-state index is 13.2. The molecule has 1 aliphatic heterocycles. The van der Waals surface area contributed by atoms with Gasteiger partial charge in [0.25, 0.3) is 11.8 Å². The minimum absolute atomic E-state index is 0.0859. The van der Waals surface area contributed by atoms with E-state index in [0.29, 0.717) is 30.9 Å². The molecule has 0 bridgehead atoms. The van der Waals surface area contributed by atoms with Crippen molar-refractivity contribution in [3.05, 3.63) is 68.9 Å². The molecule has 3 heterocycles. The van der Waals surface area contributed by atoms with Crippen molar-refractivity contribution >= 4 is 23.2 Å². The Morgan fingerprint density at radius 2 is 1.97 bits per heavy atom. The van der Waals surface area contributed by atoms with E-state index in [1.54, 1.807) is 9.58 Å². The average molecular weight is 450 g/mol. The lowest BCUT2D eigenvalue weighted by Gasteiger charge is -2.27. The van der Waals surface area contributed by atoms with Gasteiger partial charge in [-0.1, -0.05) is 43.2 Å². The molecule has 1 aliphatic carbocycles. The van der Waals surface area contributed by atoms with Crippen molar-refractivity contribution in [1.29, 1.82) is 0 Å². The third-order valence-electron chi connectivity index (χ3n) is 6.40. The van der Waals surface area contributed by atoms with E-state index in [9.17, 15) is 9.59 Å². The Morgan fingerprint density at radius 1 is 1.19 bits per heavy atom. The smallest absolute Gasteiger partial charge is 0.273 e. The third kappa shape index (κ3) is 4.19. The normalized spacial score (nSPS) is 16.2. The van der Waals surface area contributed by atoms with Gasteiger partial charge in [-0.25, -0.2) is 4.98 Å². The molecule has 0 radical (unpaired) electrons. The summed E-state index contributed by atoms with van der Waals surface area (Å²) in [5.74, 6) is -0.209. The molecule has 166 valence electrons. The molecule has 0 unspecified atom stereocenters. The summed E-state index contributed by atoms with van der Waals surface area (Å²) in [6.07, 6.45) is 5.78. The Bertz CT molecular complexity index is 1130. The van der Waals surface area contributed by atoms with Crippen LogP contribution < -0.4 is 5.32 Å². The molecule has 0 spiro atoms. The minimum Gasteiger partial charge on any atom is -0.348 e. The van der Waals surface area contributed by atoms with Crippen molar-refractivity contribution in [2.45, 2.75) is 51.1 Å². The molecular weight excluding hydrogens is 422 g/mol. The first-order valence-corrected chi connectivity index (χ1v) is 12.1. The van der Waals surface area contributed by atoms with E-state index < -0.39 is 0 Å². The van der Waals surface area contributed by atoms with E-state index in [1.807, 2.05) is 30.6 Å². The Morgan fingerprint density at radius 3 is 2.75 bits per heavy atom. The van der Waals surface area contributed by atoms with E-state index >= 15 is 0 Å². The molecule has 3 aromatic rings. The number of amides is 2. The summed E-state index contributed by atoms with van der Waals surface area (Å²) in [6, 6.07) is 10.4. The maximum Gasteiger partial charge on any atom is 0.273 e. The van der Waals surface area contributed by atoms with Crippen LogP contribution in [0.15, 0.2) is 35.7 Å². The van der Waals surface area contributed by atoms with E-state index in [1.165, 1.54) is 16.9 Å². The molecule has 1 saturated carbocycles. The molecule has 32 heavy (non-hydrogen) atoms. The molecule has 1 N–H and O–H groups in total. The van der Waals surface area contributed by atoms with Crippen LogP contribution in [0.4, 0.5) is 0 Å². The second-order valence-corrected chi connectivity index (χ2v) is 9.56. The van der Waals surface area contributed by atoms with E-state index in [0.717, 1.165) is 48.4 Å². The van der Waals surface area contributed by atoms with Crippen LogP contribution in [0.1, 0.15) is 68.5 Å². The van der Waals surface area contributed by atoms with E-state index in [4.69, 9.17) is 0 Å². The number of fused-ring (bicyclic) bond motifs is 1. The number of aromatic nitrogens is 3. The zero-order valence-corrected chi connectivity index (χ0v) is 19.0. The molecule has 0 atom stereocenters. The van der Waals surface area contributed by atoms with Gasteiger partial charge in [-0.05, 0) is 18.4 Å². The van der Waals surface area contributed by atoms with Gasteiger partial charge in [0.15, 0.2) is 5.69 Å². The summed E-state index contributed by atoms with van der Waals surface area (Å²) in [7, 11) is 1.87. The molecule has 2 aliphatic rings. The number of nitrogens with one attached hydrogen (secondary N) is 1. The Kier molecular flexibility index (Phi) is 5.78. The third-order valence-corrected chi connectivity index (χ3v) is 7.25. The minimum atomic E-state index is -0.123. The predicted molar refractivity (Wildman–Crippen MR) is 123 cm³/mol. The fourth-order valence-corrected chi connectivity index (χ4v) is 5.50. The molecule has 7 nitrogen and oxygen atoms in total. The summed E-state index contributed by atoms with van der Waals surface area (Å²) < 4.78 is 1.79. The number of nitrogens with zero attached hydrogens (tertiary/aromatic N) is 4. The standard InChI is InChI=1S/C24H27N5O2S/c1-28-20-11-12-29(14-18(20)22(27-28)23(30)25-17-9-5-6-10-17)24(31)19-15-32-21(26-19)13-16-7-3-2-4-8-16/h2-4,7-8,15,17H,5-6,9-14H2,1H3,(H,25,30). The highest BCUT2D eigenvalue weighted by atomic mass is 32.1. The fourth-order valence-electron chi connectivity index (χ4n) is 4.69. The van der Waals surface area contributed by atoms with Gasteiger partial charge >= 0.3 is 0 Å². The van der Waals surface area contributed by atoms with Crippen LogP contribution in [0.25, 0.3) is 0 Å². The first-order valence-electron chi connectivity index (χ1n) is 11.2. The lowest BCUT2D eigenvalue weighted by Crippen LogP contribution is -2.38. The first-order chi connectivity index (χ1) is 15.6. The number of carbonyl (C=O) groups is 2. The van der Waals surface area contributed by atoms with E-state index in [2.05, 4.69) is 27.5 Å². The molecule has 0 saturated heterocycles. The van der Waals surface area contributed by atoms with Gasteiger partial charge in [0.2, 0.25) is 0 Å². The van der Waals surface area contributed by atoms with Crippen molar-refractivity contribution in [2.24, 2.45) is 7.05 Å². The van der Waals surface area contributed by atoms with E-state index in [-0.39, 0.29) is 17.9 Å². The van der Waals surface area contributed by atoms with Crippen LogP contribution in [0, 0.1) is 0 Å². The molecule has 5 rings (SSSR count). The monoisotopic (exact) mass is 449 g/mol. The number of benzene rings is 1. The summed E-state index contributed by atoms with van der Waals surface area (Å²) in [5.41, 5.74) is 4.01. The van der Waals surface area contributed by atoms with Gasteiger partial charge < -0.3 is 10.2 Å². The average Bonchev–Trinajstić information content (AvgIpc) is 3.55. The first kappa shape index (κ1) is 20.9. The topological polar surface area (TPSA) is 80.1 Å². The zero-order valence-electron chi connectivity index (χ0n) is 18.2. The molecule has 1 fully saturated rings. The fraction of sp³-hybridized carbons (Fsp3) is 0.417. The van der Waals surface area contributed by atoms with Gasteiger partial charge in [-0.3, -0.25) is 14.3 Å². The molecule has 2 aromatic heterocycles. The van der Waals surface area contributed by atoms with Crippen LogP contribution in [-0.2, 0) is 26.4 Å². The van der Waals surface area contributed by atoms with Crippen molar-refractivity contribution in [3.63, 3.8) is 0 Å². The number of rotatable bonds is 5. The largest absolute Gasteiger partial charge is 0.348 e. The summed E-state index contributed by atoms with van der Waals surface area (Å²) in [4.78, 5) is 32.5. The molecule has 2 amide bonds. The second kappa shape index (κ2) is 8.86. The van der Waals surface area contributed by atoms with Gasteiger partial charge in [0, 0.05) is 49.1 Å². The summed E-state index contributed by atoms with van der Waals surface area (Å²) in [6.45, 7) is 0.988. The van der Waals surface area contributed by atoms with Crippen molar-refractivity contribution in [2.75, 3.05) is 6.54 Å². The van der Waals surface area contributed by atoms with Crippen molar-refractivity contribution in [3.8, 4) is 0 Å². The zero-order chi connectivity index (χ0) is 22.1. The van der Waals surface area contributed by atoms with Crippen LogP contribution in [-0.4, -0.2) is 44.1 Å². The highest BCUT2D eigenvalue weighted by molar-refractivity contribution is 7.09. The highest BCUT2D eigenvalue weighted by Gasteiger charge is 2.31. The van der Waals surface area contributed by atoms with Gasteiger partial charge in [0.1, 0.15) is 5.69 Å². The van der Waals surface area contributed by atoms with Crippen LogP contribution in [0.2, 0.25) is 0 Å². The quantitative estimate of drug-likeness (QED) is 0.648.